The normalized spacial score (nSPS) is 20.8. The van der Waals surface area contributed by atoms with Crippen molar-refractivity contribution < 1.29 is 24.3 Å². The second kappa shape index (κ2) is 9.22. The lowest BCUT2D eigenvalue weighted by atomic mass is 9.66. The van der Waals surface area contributed by atoms with Crippen LogP contribution in [-0.2, 0) is 11.3 Å². The molecule has 1 atom stereocenters. The zero-order chi connectivity index (χ0) is 21.0. The van der Waals surface area contributed by atoms with Gasteiger partial charge < -0.3 is 26.2 Å². The molecule has 1 saturated carbocycles. The molecule has 1 aliphatic rings. The largest absolute Gasteiger partial charge is 0.480 e. The molecule has 6 nitrogen and oxygen atoms in total. The van der Waals surface area contributed by atoms with Crippen molar-refractivity contribution in [2.45, 2.75) is 56.5 Å². The van der Waals surface area contributed by atoms with Crippen LogP contribution in [0.5, 0.6) is 0 Å². The Morgan fingerprint density at radius 3 is 2.55 bits per heavy atom. The van der Waals surface area contributed by atoms with Crippen LogP contribution in [0.25, 0.3) is 10.8 Å². The smallest absolute Gasteiger partial charge is 0.451 e. The Balaban J connectivity index is 1.54. The molecule has 0 saturated heterocycles. The molecule has 6 N–H and O–H groups in total. The minimum absolute atomic E-state index is 0.124. The van der Waals surface area contributed by atoms with Crippen LogP contribution in [0.15, 0.2) is 36.4 Å². The summed E-state index contributed by atoms with van der Waals surface area (Å²) in [4.78, 5) is 11.8. The highest BCUT2D eigenvalue weighted by Gasteiger charge is 2.48. The van der Waals surface area contributed by atoms with Gasteiger partial charge in [0.25, 0.3) is 0 Å². The molecule has 1 aliphatic carbocycles. The summed E-state index contributed by atoms with van der Waals surface area (Å²) < 4.78 is 14.0. The molecule has 156 valence electrons. The monoisotopic (exact) mass is 402 g/mol. The Hall–Kier alpha value is -2.00. The number of fused-ring (bicyclic) bond motifs is 1. The molecule has 0 bridgehead atoms. The number of carboxylic acids is 1. The van der Waals surface area contributed by atoms with Gasteiger partial charge >= 0.3 is 13.1 Å². The van der Waals surface area contributed by atoms with Gasteiger partial charge in [0.05, 0.1) is 0 Å². The molecule has 0 heterocycles. The summed E-state index contributed by atoms with van der Waals surface area (Å²) in [6.07, 6.45) is 2.94. The summed E-state index contributed by atoms with van der Waals surface area (Å²) in [6.45, 7) is 0.581. The van der Waals surface area contributed by atoms with Crippen molar-refractivity contribution in [2.75, 3.05) is 0 Å². The summed E-state index contributed by atoms with van der Waals surface area (Å²) in [6, 6.07) is 10.8. The van der Waals surface area contributed by atoms with Gasteiger partial charge in [0.15, 0.2) is 0 Å². The fourth-order valence-electron chi connectivity index (χ4n) is 4.18. The number of rotatable bonds is 10. The second-order valence-electron chi connectivity index (χ2n) is 8.07. The first-order valence-corrected chi connectivity index (χ1v) is 10.1. The van der Waals surface area contributed by atoms with Crippen LogP contribution in [0.1, 0.15) is 37.7 Å². The van der Waals surface area contributed by atoms with Crippen LogP contribution < -0.4 is 11.1 Å². The number of nitrogens with two attached hydrogens (primary N) is 1. The molecule has 3 rings (SSSR count). The third kappa shape index (κ3) is 4.95. The molecule has 0 aromatic heterocycles. The number of benzene rings is 2. The maximum absolute atomic E-state index is 14.0. The van der Waals surface area contributed by atoms with E-state index in [1.165, 1.54) is 6.07 Å². The van der Waals surface area contributed by atoms with Gasteiger partial charge in [-0.25, -0.2) is 4.39 Å². The fraction of sp³-hybridized carbons (Fsp3) is 0.476. The highest BCUT2D eigenvalue weighted by Crippen LogP contribution is 2.38. The number of carboxylic acid groups (broad SMARTS) is 1. The van der Waals surface area contributed by atoms with E-state index in [0.29, 0.717) is 44.0 Å². The third-order valence-corrected chi connectivity index (χ3v) is 6.11. The minimum atomic E-state index is -1.37. The summed E-state index contributed by atoms with van der Waals surface area (Å²) in [5, 5.41) is 32.4. The van der Waals surface area contributed by atoms with Crippen LogP contribution in [0.2, 0.25) is 6.32 Å². The van der Waals surface area contributed by atoms with Crippen LogP contribution in [0.3, 0.4) is 0 Å². The zero-order valence-electron chi connectivity index (χ0n) is 16.4. The standard InChI is InChI=1S/C21H28BFN2O4/c23-19-8-4-6-17-14(5-3-7-18(17)19)13-25-16-11-15(12-16)21(24,20(26)27)9-1-2-10-22(28)29/h3-8,15-16,25,28-29H,1-2,9-13,24H2,(H,26,27)/t15?,16?,21-/m0/s1. The van der Waals surface area contributed by atoms with Crippen molar-refractivity contribution in [3.8, 4) is 0 Å². The Morgan fingerprint density at radius 1 is 1.17 bits per heavy atom. The van der Waals surface area contributed by atoms with Gasteiger partial charge in [-0.3, -0.25) is 4.79 Å². The predicted octanol–water partition coefficient (Wildman–Crippen LogP) is 2.27. The lowest BCUT2D eigenvalue weighted by Gasteiger charge is -2.45. The molecule has 8 heteroatoms. The van der Waals surface area contributed by atoms with Crippen LogP contribution >= 0.6 is 0 Å². The van der Waals surface area contributed by atoms with E-state index >= 15 is 0 Å². The summed E-state index contributed by atoms with van der Waals surface area (Å²) >= 11 is 0. The summed E-state index contributed by atoms with van der Waals surface area (Å²) in [5.41, 5.74) is 5.94. The van der Waals surface area contributed by atoms with Crippen molar-refractivity contribution in [2.24, 2.45) is 11.7 Å². The van der Waals surface area contributed by atoms with E-state index in [9.17, 15) is 14.3 Å². The van der Waals surface area contributed by atoms with Crippen molar-refractivity contribution >= 4 is 23.9 Å². The lowest BCUT2D eigenvalue weighted by molar-refractivity contribution is -0.148. The van der Waals surface area contributed by atoms with E-state index in [0.717, 1.165) is 10.9 Å². The Morgan fingerprint density at radius 2 is 1.86 bits per heavy atom. The summed E-state index contributed by atoms with van der Waals surface area (Å²) in [5.74, 6) is -1.37. The number of nitrogens with one attached hydrogen (secondary N) is 1. The molecule has 1 fully saturated rings. The first-order chi connectivity index (χ1) is 13.8. The first-order valence-electron chi connectivity index (χ1n) is 10.1. The number of hydrogen-bond acceptors (Lipinski definition) is 5. The molecule has 0 radical (unpaired) electrons. The molecule has 0 spiro atoms. The molecule has 29 heavy (non-hydrogen) atoms. The number of halogens is 1. The van der Waals surface area contributed by atoms with Crippen molar-refractivity contribution in [3.63, 3.8) is 0 Å². The van der Waals surface area contributed by atoms with E-state index in [2.05, 4.69) is 5.32 Å². The molecular weight excluding hydrogens is 374 g/mol. The Labute approximate surface area is 170 Å². The third-order valence-electron chi connectivity index (χ3n) is 6.11. The number of unbranched alkanes of at least 4 members (excludes halogenated alkanes) is 1. The number of hydrogen-bond donors (Lipinski definition) is 5. The van der Waals surface area contributed by atoms with Crippen molar-refractivity contribution in [1.82, 2.24) is 5.32 Å². The zero-order valence-corrected chi connectivity index (χ0v) is 16.4. The van der Waals surface area contributed by atoms with Crippen LogP contribution in [0.4, 0.5) is 4.39 Å². The maximum Gasteiger partial charge on any atom is 0.451 e. The Kier molecular flexibility index (Phi) is 6.90. The first kappa shape index (κ1) is 21.7. The van der Waals surface area contributed by atoms with E-state index in [-0.39, 0.29) is 24.1 Å². The van der Waals surface area contributed by atoms with Gasteiger partial charge in [0.1, 0.15) is 11.4 Å². The molecular formula is C21H28BFN2O4. The van der Waals surface area contributed by atoms with E-state index < -0.39 is 18.6 Å². The number of carbonyl (C=O) groups is 1. The quantitative estimate of drug-likeness (QED) is 0.308. The van der Waals surface area contributed by atoms with Gasteiger partial charge in [-0.2, -0.15) is 0 Å². The van der Waals surface area contributed by atoms with E-state index in [1.807, 2.05) is 18.2 Å². The molecule has 2 aromatic carbocycles. The van der Waals surface area contributed by atoms with Gasteiger partial charge in [0, 0.05) is 18.0 Å². The van der Waals surface area contributed by atoms with Gasteiger partial charge in [-0.1, -0.05) is 43.2 Å². The summed E-state index contributed by atoms with van der Waals surface area (Å²) in [7, 11) is -1.37. The second-order valence-corrected chi connectivity index (χ2v) is 8.07. The molecule has 0 amide bonds. The predicted molar refractivity (Wildman–Crippen MR) is 111 cm³/mol. The van der Waals surface area contributed by atoms with E-state index in [1.54, 1.807) is 12.1 Å². The molecule has 0 unspecified atom stereocenters. The van der Waals surface area contributed by atoms with Crippen LogP contribution in [-0.4, -0.2) is 39.8 Å². The highest BCUT2D eigenvalue weighted by molar-refractivity contribution is 6.40. The van der Waals surface area contributed by atoms with Gasteiger partial charge in [0.2, 0.25) is 0 Å². The fourth-order valence-corrected chi connectivity index (χ4v) is 4.18. The average Bonchev–Trinajstić information content (AvgIpc) is 2.64. The number of aliphatic carboxylic acids is 1. The topological polar surface area (TPSA) is 116 Å². The van der Waals surface area contributed by atoms with E-state index in [4.69, 9.17) is 15.8 Å². The Bertz CT molecular complexity index is 860. The molecule has 0 aliphatic heterocycles. The van der Waals surface area contributed by atoms with Crippen molar-refractivity contribution in [3.05, 3.63) is 47.8 Å². The van der Waals surface area contributed by atoms with Crippen molar-refractivity contribution in [1.29, 1.82) is 0 Å². The lowest BCUT2D eigenvalue weighted by Crippen LogP contribution is -2.61. The maximum atomic E-state index is 14.0. The van der Waals surface area contributed by atoms with Gasteiger partial charge in [-0.15, -0.1) is 0 Å². The minimum Gasteiger partial charge on any atom is -0.480 e. The van der Waals surface area contributed by atoms with Gasteiger partial charge in [-0.05, 0) is 48.5 Å². The highest BCUT2D eigenvalue weighted by atomic mass is 19.1. The molecule has 2 aromatic rings. The SMILES string of the molecule is N[C@](CCCCB(O)O)(C(=O)O)C1CC(NCc2cccc3c(F)cccc23)C1. The average molecular weight is 402 g/mol. The van der Waals surface area contributed by atoms with Crippen LogP contribution in [0, 0.1) is 11.7 Å².